The summed E-state index contributed by atoms with van der Waals surface area (Å²) in [6.07, 6.45) is 4.41. The number of nitrogens with zero attached hydrogens (tertiary/aromatic N) is 2. The van der Waals surface area contributed by atoms with Crippen LogP contribution < -0.4 is 5.32 Å². The molecular weight excluding hydrogens is 322 g/mol. The lowest BCUT2D eigenvalue weighted by atomic mass is 10.00. The molecule has 2 aliphatic heterocycles. The zero-order chi connectivity index (χ0) is 13.7. The Bertz CT molecular complexity index is 684. The van der Waals surface area contributed by atoms with Crippen molar-refractivity contribution in [3.05, 3.63) is 28.7 Å². The molecule has 1 amide bonds. The number of amides is 1. The van der Waals surface area contributed by atoms with Crippen molar-refractivity contribution in [2.24, 2.45) is 5.92 Å². The molecule has 2 bridgehead atoms. The van der Waals surface area contributed by atoms with Gasteiger partial charge in [0.05, 0.1) is 4.47 Å². The fourth-order valence-electron chi connectivity index (χ4n) is 3.28. The molecule has 2 aliphatic rings. The number of halogens is 1. The first-order valence-corrected chi connectivity index (χ1v) is 7.56. The lowest BCUT2D eigenvalue weighted by Crippen LogP contribution is -2.43. The van der Waals surface area contributed by atoms with Crippen molar-refractivity contribution >= 4 is 32.8 Å². The summed E-state index contributed by atoms with van der Waals surface area (Å²) >= 11 is 3.40. The predicted molar refractivity (Wildman–Crippen MR) is 77.5 cm³/mol. The molecule has 0 aliphatic carbocycles. The van der Waals surface area contributed by atoms with Crippen LogP contribution in [0.15, 0.2) is 27.4 Å². The summed E-state index contributed by atoms with van der Waals surface area (Å²) in [5.41, 5.74) is 0.909. The average Bonchev–Trinajstić information content (AvgIpc) is 3.14. The predicted octanol–water partition coefficient (Wildman–Crippen LogP) is 2.02. The van der Waals surface area contributed by atoms with Gasteiger partial charge in [0.15, 0.2) is 11.3 Å². The minimum atomic E-state index is -0.142. The van der Waals surface area contributed by atoms with Crippen molar-refractivity contribution in [1.29, 1.82) is 0 Å². The number of furan rings is 1. The molecule has 20 heavy (non-hydrogen) atoms. The van der Waals surface area contributed by atoms with Crippen LogP contribution in [0.3, 0.4) is 0 Å². The van der Waals surface area contributed by atoms with E-state index < -0.39 is 0 Å². The molecule has 0 aromatic carbocycles. The molecule has 4 heterocycles. The number of piperidine rings is 1. The Kier molecular flexibility index (Phi) is 2.82. The molecule has 2 unspecified atom stereocenters. The van der Waals surface area contributed by atoms with Crippen LogP contribution >= 0.6 is 15.9 Å². The molecule has 1 N–H and O–H groups in total. The Labute approximate surface area is 124 Å². The first kappa shape index (κ1) is 12.3. The third-order valence-corrected chi connectivity index (χ3v) is 4.92. The van der Waals surface area contributed by atoms with Crippen molar-refractivity contribution in [3.63, 3.8) is 0 Å². The fourth-order valence-corrected chi connectivity index (χ4v) is 3.68. The summed E-state index contributed by atoms with van der Waals surface area (Å²) in [6, 6.07) is 2.08. The second kappa shape index (κ2) is 4.56. The standard InChI is InChI=1S/C14H14BrN3O2/c15-10-7-20-13-9(10)1-3-16-12(13)14(19)17-11-6-18-4-2-8(11)5-18/h1,3,7-8,11H,2,4-6H2,(H,17,19)/t8-,11?/m0/s1. The van der Waals surface area contributed by atoms with E-state index in [0.29, 0.717) is 17.2 Å². The number of fused-ring (bicyclic) bond motifs is 3. The lowest BCUT2D eigenvalue weighted by molar-refractivity contribution is 0.0920. The van der Waals surface area contributed by atoms with Crippen LogP contribution in [0, 0.1) is 5.92 Å². The summed E-state index contributed by atoms with van der Waals surface area (Å²) in [5, 5.41) is 3.99. The smallest absolute Gasteiger partial charge is 0.274 e. The van der Waals surface area contributed by atoms with Gasteiger partial charge in [-0.25, -0.2) is 4.98 Å². The maximum atomic E-state index is 12.4. The molecule has 2 aromatic rings. The van der Waals surface area contributed by atoms with Gasteiger partial charge in [-0.15, -0.1) is 0 Å². The van der Waals surface area contributed by atoms with E-state index in [0.717, 1.165) is 29.5 Å². The van der Waals surface area contributed by atoms with Crippen LogP contribution in [-0.4, -0.2) is 41.5 Å². The molecule has 0 radical (unpaired) electrons. The number of carbonyl (C=O) groups is 1. The average molecular weight is 336 g/mol. The molecule has 3 atom stereocenters. The topological polar surface area (TPSA) is 58.4 Å². The third kappa shape index (κ3) is 1.86. The zero-order valence-corrected chi connectivity index (χ0v) is 12.4. The van der Waals surface area contributed by atoms with E-state index in [2.05, 4.69) is 31.1 Å². The van der Waals surface area contributed by atoms with Gasteiger partial charge < -0.3 is 14.6 Å². The molecule has 2 fully saturated rings. The quantitative estimate of drug-likeness (QED) is 0.912. The summed E-state index contributed by atoms with van der Waals surface area (Å²) < 4.78 is 6.29. The van der Waals surface area contributed by atoms with Gasteiger partial charge in [-0.05, 0) is 40.9 Å². The summed E-state index contributed by atoms with van der Waals surface area (Å²) in [4.78, 5) is 19.0. The van der Waals surface area contributed by atoms with Crippen LogP contribution in [-0.2, 0) is 0 Å². The van der Waals surface area contributed by atoms with Crippen molar-refractivity contribution in [2.45, 2.75) is 12.5 Å². The highest BCUT2D eigenvalue weighted by Gasteiger charge is 2.39. The molecule has 6 heteroatoms. The molecule has 4 rings (SSSR count). The van der Waals surface area contributed by atoms with E-state index in [1.165, 1.54) is 6.42 Å². The highest BCUT2D eigenvalue weighted by molar-refractivity contribution is 9.10. The van der Waals surface area contributed by atoms with Gasteiger partial charge in [-0.3, -0.25) is 4.79 Å². The van der Waals surface area contributed by atoms with E-state index in [1.807, 2.05) is 6.07 Å². The lowest BCUT2D eigenvalue weighted by Gasteiger charge is -2.22. The summed E-state index contributed by atoms with van der Waals surface area (Å²) in [6.45, 7) is 3.22. The Balaban J connectivity index is 1.61. The number of carbonyl (C=O) groups excluding carboxylic acids is 1. The molecular formula is C14H14BrN3O2. The maximum Gasteiger partial charge on any atom is 0.274 e. The van der Waals surface area contributed by atoms with Gasteiger partial charge in [0.2, 0.25) is 0 Å². The molecule has 0 saturated carbocycles. The van der Waals surface area contributed by atoms with E-state index in [4.69, 9.17) is 4.42 Å². The monoisotopic (exact) mass is 335 g/mol. The minimum absolute atomic E-state index is 0.142. The maximum absolute atomic E-state index is 12.4. The number of hydrogen-bond acceptors (Lipinski definition) is 4. The van der Waals surface area contributed by atoms with Gasteiger partial charge in [-0.1, -0.05) is 0 Å². The van der Waals surface area contributed by atoms with E-state index >= 15 is 0 Å². The summed E-state index contributed by atoms with van der Waals surface area (Å²) in [5.74, 6) is 0.442. The van der Waals surface area contributed by atoms with Gasteiger partial charge in [-0.2, -0.15) is 0 Å². The second-order valence-electron chi connectivity index (χ2n) is 5.51. The van der Waals surface area contributed by atoms with Crippen molar-refractivity contribution < 1.29 is 9.21 Å². The van der Waals surface area contributed by atoms with Crippen molar-refractivity contribution in [3.8, 4) is 0 Å². The van der Waals surface area contributed by atoms with Gasteiger partial charge in [0, 0.05) is 30.7 Å². The van der Waals surface area contributed by atoms with Crippen LogP contribution in [0.4, 0.5) is 0 Å². The summed E-state index contributed by atoms with van der Waals surface area (Å²) in [7, 11) is 0. The van der Waals surface area contributed by atoms with Gasteiger partial charge in [0.25, 0.3) is 5.91 Å². The first-order chi connectivity index (χ1) is 9.72. The third-order valence-electron chi connectivity index (χ3n) is 4.31. The number of pyridine rings is 1. The number of hydrogen-bond donors (Lipinski definition) is 1. The van der Waals surface area contributed by atoms with E-state index in [1.54, 1.807) is 12.5 Å². The Morgan fingerprint density at radius 2 is 2.40 bits per heavy atom. The van der Waals surface area contributed by atoms with Crippen LogP contribution in [0.5, 0.6) is 0 Å². The first-order valence-electron chi connectivity index (χ1n) is 6.77. The largest absolute Gasteiger partial charge is 0.461 e. The van der Waals surface area contributed by atoms with Crippen molar-refractivity contribution in [1.82, 2.24) is 15.2 Å². The molecule has 0 spiro atoms. The highest BCUT2D eigenvalue weighted by atomic mass is 79.9. The van der Waals surface area contributed by atoms with Gasteiger partial charge >= 0.3 is 0 Å². The number of aromatic nitrogens is 1. The Hall–Kier alpha value is -1.40. The molecule has 2 aromatic heterocycles. The SMILES string of the molecule is O=C(NC1CN2CC[C@H]1C2)c1nccc2c(Br)coc12. The van der Waals surface area contributed by atoms with Gasteiger partial charge in [0.1, 0.15) is 6.26 Å². The highest BCUT2D eigenvalue weighted by Crippen LogP contribution is 2.29. The van der Waals surface area contributed by atoms with Crippen LogP contribution in [0.25, 0.3) is 11.0 Å². The minimum Gasteiger partial charge on any atom is -0.461 e. The Morgan fingerprint density at radius 3 is 3.15 bits per heavy atom. The normalized spacial score (nSPS) is 28.1. The van der Waals surface area contributed by atoms with Crippen molar-refractivity contribution in [2.75, 3.05) is 19.6 Å². The van der Waals surface area contributed by atoms with Crippen LogP contribution in [0.2, 0.25) is 0 Å². The van der Waals surface area contributed by atoms with Crippen LogP contribution in [0.1, 0.15) is 16.9 Å². The van der Waals surface area contributed by atoms with E-state index in [-0.39, 0.29) is 11.9 Å². The Morgan fingerprint density at radius 1 is 1.50 bits per heavy atom. The molecule has 5 nitrogen and oxygen atoms in total. The van der Waals surface area contributed by atoms with E-state index in [9.17, 15) is 4.79 Å². The fraction of sp³-hybridized carbons (Fsp3) is 0.429. The zero-order valence-electron chi connectivity index (χ0n) is 10.8. The molecule has 2 saturated heterocycles. The molecule has 104 valence electrons. The number of rotatable bonds is 2. The second-order valence-corrected chi connectivity index (χ2v) is 6.36. The number of nitrogens with one attached hydrogen (secondary N) is 1.